The Kier molecular flexibility index (Phi) is 4.66. The number of nitrogens with zero attached hydrogens (tertiary/aromatic N) is 1. The number of thiocarbonyl (C=S) groups is 1. The lowest BCUT2D eigenvalue weighted by atomic mass is 10.1. The molecule has 2 aliphatic heterocycles. The molecule has 0 saturated carbocycles. The van der Waals surface area contributed by atoms with Crippen LogP contribution >= 0.6 is 24.0 Å². The van der Waals surface area contributed by atoms with Crippen molar-refractivity contribution in [2.45, 2.75) is 13.0 Å². The van der Waals surface area contributed by atoms with E-state index in [2.05, 4.69) is 6.08 Å². The molecule has 3 nitrogen and oxygen atoms in total. The maximum atomic E-state index is 12.9. The van der Waals surface area contributed by atoms with Gasteiger partial charge >= 0.3 is 0 Å². The maximum Gasteiger partial charge on any atom is 0.266 e. The van der Waals surface area contributed by atoms with E-state index in [0.29, 0.717) is 15.8 Å². The second kappa shape index (κ2) is 7.09. The van der Waals surface area contributed by atoms with Crippen LogP contribution in [0.2, 0.25) is 0 Å². The van der Waals surface area contributed by atoms with Gasteiger partial charge in [-0.3, -0.25) is 9.69 Å². The van der Waals surface area contributed by atoms with Crippen LogP contribution in [0.15, 0.2) is 71.2 Å². The highest BCUT2D eigenvalue weighted by molar-refractivity contribution is 8.26. The molecule has 1 fully saturated rings. The molecule has 130 valence electrons. The van der Waals surface area contributed by atoms with E-state index < -0.39 is 0 Å². The molecule has 2 aliphatic rings. The smallest absolute Gasteiger partial charge is 0.266 e. The Morgan fingerprint density at radius 2 is 1.88 bits per heavy atom. The van der Waals surface area contributed by atoms with Gasteiger partial charge < -0.3 is 4.74 Å². The average Bonchev–Trinajstić information content (AvgIpc) is 2.95. The largest absolute Gasteiger partial charge is 0.488 e. The molecule has 1 amide bonds. The SMILES string of the molecule is CC(c1ccccc1)N1C(=O)/C(=C/C2=Cc3ccccc3OC2)SC1=S. The molecule has 1 unspecified atom stereocenters. The van der Waals surface area contributed by atoms with E-state index >= 15 is 0 Å². The molecule has 2 heterocycles. The molecule has 0 spiro atoms. The third kappa shape index (κ3) is 3.20. The van der Waals surface area contributed by atoms with Gasteiger partial charge in [0.25, 0.3) is 5.91 Å². The Hall–Kier alpha value is -2.37. The highest BCUT2D eigenvalue weighted by Crippen LogP contribution is 2.38. The van der Waals surface area contributed by atoms with Crippen LogP contribution in [-0.4, -0.2) is 21.7 Å². The molecule has 2 aromatic carbocycles. The standard InChI is InChI=1S/C21H17NO2S2/c1-14(16-7-3-2-4-8-16)22-20(23)19(26-21(22)25)12-15-11-17-9-5-6-10-18(17)24-13-15/h2-12,14H,13H2,1H3/b19-12-. The predicted molar refractivity (Wildman–Crippen MR) is 110 cm³/mol. The summed E-state index contributed by atoms with van der Waals surface area (Å²) in [5.74, 6) is 0.825. The minimum atomic E-state index is -0.0908. The summed E-state index contributed by atoms with van der Waals surface area (Å²) in [6.07, 6.45) is 3.96. The second-order valence-corrected chi connectivity index (χ2v) is 7.86. The lowest BCUT2D eigenvalue weighted by Crippen LogP contribution is -2.31. The number of carbonyl (C=O) groups excluding carboxylic acids is 1. The van der Waals surface area contributed by atoms with Gasteiger partial charge in [-0.05, 0) is 36.3 Å². The van der Waals surface area contributed by atoms with Crippen LogP contribution in [0, 0.1) is 0 Å². The number of thioether (sulfide) groups is 1. The Labute approximate surface area is 162 Å². The number of fused-ring (bicyclic) bond motifs is 1. The van der Waals surface area contributed by atoms with E-state index in [1.54, 1.807) is 4.90 Å². The topological polar surface area (TPSA) is 29.5 Å². The van der Waals surface area contributed by atoms with Crippen molar-refractivity contribution in [3.05, 3.63) is 82.3 Å². The first kappa shape index (κ1) is 17.1. The summed E-state index contributed by atoms with van der Waals surface area (Å²) in [6.45, 7) is 2.46. The Morgan fingerprint density at radius 3 is 2.69 bits per heavy atom. The van der Waals surface area contributed by atoms with Gasteiger partial charge in [-0.15, -0.1) is 0 Å². The zero-order valence-electron chi connectivity index (χ0n) is 14.2. The van der Waals surface area contributed by atoms with Gasteiger partial charge in [0, 0.05) is 5.56 Å². The average molecular weight is 380 g/mol. The summed E-state index contributed by atoms with van der Waals surface area (Å²) >= 11 is 6.83. The fourth-order valence-corrected chi connectivity index (χ4v) is 4.51. The molecule has 2 aromatic rings. The van der Waals surface area contributed by atoms with Gasteiger partial charge in [-0.25, -0.2) is 0 Å². The molecule has 0 aromatic heterocycles. The molecule has 0 radical (unpaired) electrons. The molecule has 0 aliphatic carbocycles. The third-order valence-corrected chi connectivity index (χ3v) is 5.79. The number of rotatable bonds is 3. The monoisotopic (exact) mass is 379 g/mol. The van der Waals surface area contributed by atoms with E-state index in [1.807, 2.05) is 67.6 Å². The van der Waals surface area contributed by atoms with Crippen molar-refractivity contribution in [3.63, 3.8) is 0 Å². The Bertz CT molecular complexity index is 934. The zero-order valence-corrected chi connectivity index (χ0v) is 15.8. The lowest BCUT2D eigenvalue weighted by Gasteiger charge is -2.23. The van der Waals surface area contributed by atoms with Gasteiger partial charge in [0.05, 0.1) is 10.9 Å². The quantitative estimate of drug-likeness (QED) is 0.556. The third-order valence-electron chi connectivity index (χ3n) is 4.46. The van der Waals surface area contributed by atoms with Crippen molar-refractivity contribution >= 4 is 40.3 Å². The predicted octanol–water partition coefficient (Wildman–Crippen LogP) is 4.97. The van der Waals surface area contributed by atoms with E-state index in [-0.39, 0.29) is 11.9 Å². The van der Waals surface area contributed by atoms with Crippen molar-refractivity contribution in [3.8, 4) is 5.75 Å². The molecule has 5 heteroatoms. The minimum absolute atomic E-state index is 0.0453. The van der Waals surface area contributed by atoms with E-state index in [0.717, 1.165) is 22.4 Å². The summed E-state index contributed by atoms with van der Waals surface area (Å²) in [5, 5.41) is 0. The van der Waals surface area contributed by atoms with E-state index in [9.17, 15) is 4.79 Å². The highest BCUT2D eigenvalue weighted by atomic mass is 32.2. The number of hydrogen-bond donors (Lipinski definition) is 0. The molecular weight excluding hydrogens is 362 g/mol. The van der Waals surface area contributed by atoms with Crippen LogP contribution in [0.3, 0.4) is 0 Å². The van der Waals surface area contributed by atoms with E-state index in [4.69, 9.17) is 17.0 Å². The molecule has 1 atom stereocenters. The zero-order chi connectivity index (χ0) is 18.1. The number of para-hydroxylation sites is 1. The van der Waals surface area contributed by atoms with Gasteiger partial charge in [-0.2, -0.15) is 0 Å². The van der Waals surface area contributed by atoms with Gasteiger partial charge in [0.15, 0.2) is 0 Å². The number of carbonyl (C=O) groups is 1. The number of benzene rings is 2. The van der Waals surface area contributed by atoms with Crippen LogP contribution in [0.5, 0.6) is 5.75 Å². The molecule has 0 N–H and O–H groups in total. The van der Waals surface area contributed by atoms with Crippen molar-refractivity contribution in [2.24, 2.45) is 0 Å². The molecule has 4 rings (SSSR count). The first-order valence-corrected chi connectivity index (χ1v) is 9.60. The number of amides is 1. The lowest BCUT2D eigenvalue weighted by molar-refractivity contribution is -0.123. The van der Waals surface area contributed by atoms with E-state index in [1.165, 1.54) is 11.8 Å². The van der Waals surface area contributed by atoms with Crippen molar-refractivity contribution < 1.29 is 9.53 Å². The Balaban J connectivity index is 1.60. The van der Waals surface area contributed by atoms with Gasteiger partial charge in [0.1, 0.15) is 16.7 Å². The molecule has 1 saturated heterocycles. The highest BCUT2D eigenvalue weighted by Gasteiger charge is 2.36. The van der Waals surface area contributed by atoms with Crippen LogP contribution in [0.25, 0.3) is 6.08 Å². The summed E-state index contributed by atoms with van der Waals surface area (Å²) in [5.41, 5.74) is 3.06. The molecule has 0 bridgehead atoms. The first-order chi connectivity index (χ1) is 12.6. The van der Waals surface area contributed by atoms with Crippen LogP contribution in [0.4, 0.5) is 0 Å². The summed E-state index contributed by atoms with van der Waals surface area (Å²) in [7, 11) is 0. The number of ether oxygens (including phenoxy) is 1. The summed E-state index contributed by atoms with van der Waals surface area (Å²) in [4.78, 5) is 15.3. The van der Waals surface area contributed by atoms with Crippen LogP contribution in [-0.2, 0) is 4.79 Å². The summed E-state index contributed by atoms with van der Waals surface area (Å²) in [6, 6.07) is 17.7. The maximum absolute atomic E-state index is 12.9. The minimum Gasteiger partial charge on any atom is -0.488 e. The van der Waals surface area contributed by atoms with Gasteiger partial charge in [-0.1, -0.05) is 72.5 Å². The van der Waals surface area contributed by atoms with Crippen molar-refractivity contribution in [1.29, 1.82) is 0 Å². The fraction of sp³-hybridized carbons (Fsp3) is 0.143. The van der Waals surface area contributed by atoms with Gasteiger partial charge in [0.2, 0.25) is 0 Å². The first-order valence-electron chi connectivity index (χ1n) is 8.38. The Morgan fingerprint density at radius 1 is 1.15 bits per heavy atom. The van der Waals surface area contributed by atoms with Crippen LogP contribution < -0.4 is 4.74 Å². The van der Waals surface area contributed by atoms with Crippen LogP contribution in [0.1, 0.15) is 24.1 Å². The second-order valence-electron chi connectivity index (χ2n) is 6.18. The van der Waals surface area contributed by atoms with Crippen molar-refractivity contribution in [1.82, 2.24) is 4.90 Å². The molecule has 26 heavy (non-hydrogen) atoms. The summed E-state index contributed by atoms with van der Waals surface area (Å²) < 4.78 is 6.37. The normalized spacial score (nSPS) is 19.2. The number of hydrogen-bond acceptors (Lipinski definition) is 4. The fourth-order valence-electron chi connectivity index (χ4n) is 3.08. The van der Waals surface area contributed by atoms with Crippen molar-refractivity contribution in [2.75, 3.05) is 6.61 Å². The molecular formula is C21H17NO2S2.